The first kappa shape index (κ1) is 9.69. The lowest BCUT2D eigenvalue weighted by atomic mass is 9.89. The highest BCUT2D eigenvalue weighted by molar-refractivity contribution is 5.23. The van der Waals surface area contributed by atoms with Gasteiger partial charge in [0.05, 0.1) is 6.10 Å². The van der Waals surface area contributed by atoms with Crippen LogP contribution < -0.4 is 0 Å². The first-order valence-corrected chi connectivity index (χ1v) is 5.11. The van der Waals surface area contributed by atoms with Gasteiger partial charge in [0.25, 0.3) is 0 Å². The zero-order valence-corrected chi connectivity index (χ0v) is 8.44. The van der Waals surface area contributed by atoms with Crippen LogP contribution in [0.5, 0.6) is 0 Å². The Bertz CT molecular complexity index is 286. The van der Waals surface area contributed by atoms with Crippen LogP contribution in [0.25, 0.3) is 0 Å². The molecular formula is C12H16O2. The van der Waals surface area contributed by atoms with Crippen LogP contribution >= 0.6 is 0 Å². The van der Waals surface area contributed by atoms with Crippen LogP contribution in [-0.4, -0.2) is 17.8 Å². The molecule has 1 N–H and O–H groups in total. The molecular weight excluding hydrogens is 176 g/mol. The molecule has 1 aliphatic heterocycles. The van der Waals surface area contributed by atoms with Crippen molar-refractivity contribution in [2.24, 2.45) is 0 Å². The molecule has 1 unspecified atom stereocenters. The van der Waals surface area contributed by atoms with E-state index in [0.29, 0.717) is 0 Å². The Hall–Kier alpha value is -0.860. The van der Waals surface area contributed by atoms with E-state index >= 15 is 0 Å². The minimum Gasteiger partial charge on any atom is -0.383 e. The molecule has 2 rings (SSSR count). The fourth-order valence-electron chi connectivity index (χ4n) is 1.98. The minimum atomic E-state index is -0.849. The first-order valence-electron chi connectivity index (χ1n) is 5.11. The topological polar surface area (TPSA) is 29.5 Å². The predicted octanol–water partition coefficient (Wildman–Crippen LogP) is 2.07. The van der Waals surface area contributed by atoms with E-state index in [2.05, 4.69) is 0 Å². The van der Waals surface area contributed by atoms with Crippen LogP contribution in [0.2, 0.25) is 0 Å². The monoisotopic (exact) mass is 192 g/mol. The van der Waals surface area contributed by atoms with Gasteiger partial charge in [0.15, 0.2) is 0 Å². The van der Waals surface area contributed by atoms with Crippen molar-refractivity contribution in [1.29, 1.82) is 0 Å². The molecule has 76 valence electrons. The molecule has 1 heterocycles. The summed E-state index contributed by atoms with van der Waals surface area (Å²) < 4.78 is 5.52. The molecule has 14 heavy (non-hydrogen) atoms. The molecule has 0 spiro atoms. The lowest BCUT2D eigenvalue weighted by molar-refractivity contribution is -0.0774. The Morgan fingerprint density at radius 3 is 2.64 bits per heavy atom. The van der Waals surface area contributed by atoms with Crippen molar-refractivity contribution < 1.29 is 9.84 Å². The Morgan fingerprint density at radius 2 is 2.07 bits per heavy atom. The van der Waals surface area contributed by atoms with Gasteiger partial charge in [-0.25, -0.2) is 0 Å². The highest BCUT2D eigenvalue weighted by Gasteiger charge is 2.36. The Balaban J connectivity index is 2.22. The van der Waals surface area contributed by atoms with Crippen LogP contribution in [0.1, 0.15) is 25.3 Å². The SMILES string of the molecule is C[C@](O)(c1ccccc1)C1CCCO1. The fourth-order valence-corrected chi connectivity index (χ4v) is 1.98. The van der Waals surface area contributed by atoms with E-state index in [4.69, 9.17) is 4.74 Å². The van der Waals surface area contributed by atoms with Gasteiger partial charge in [-0.05, 0) is 25.3 Å². The summed E-state index contributed by atoms with van der Waals surface area (Å²) in [4.78, 5) is 0. The highest BCUT2D eigenvalue weighted by Crippen LogP contribution is 2.32. The summed E-state index contributed by atoms with van der Waals surface area (Å²) in [6.07, 6.45) is 1.94. The van der Waals surface area contributed by atoms with Crippen LogP contribution in [0.15, 0.2) is 30.3 Å². The van der Waals surface area contributed by atoms with E-state index in [9.17, 15) is 5.11 Å². The molecule has 1 fully saturated rings. The van der Waals surface area contributed by atoms with E-state index < -0.39 is 5.60 Å². The van der Waals surface area contributed by atoms with Gasteiger partial charge in [-0.2, -0.15) is 0 Å². The number of hydrogen-bond donors (Lipinski definition) is 1. The van der Waals surface area contributed by atoms with Crippen molar-refractivity contribution in [2.45, 2.75) is 31.5 Å². The molecule has 0 aromatic heterocycles. The summed E-state index contributed by atoms with van der Waals surface area (Å²) in [7, 11) is 0. The van der Waals surface area contributed by atoms with Crippen LogP contribution in [0, 0.1) is 0 Å². The third-order valence-corrected chi connectivity index (χ3v) is 2.91. The summed E-state index contributed by atoms with van der Waals surface area (Å²) in [6.45, 7) is 2.60. The Labute approximate surface area is 84.5 Å². The summed E-state index contributed by atoms with van der Waals surface area (Å²) in [5, 5.41) is 10.4. The standard InChI is InChI=1S/C12H16O2/c1-12(13,11-8-5-9-14-11)10-6-3-2-4-7-10/h2-4,6-7,11,13H,5,8-9H2,1H3/t11?,12-/m0/s1. The fraction of sp³-hybridized carbons (Fsp3) is 0.500. The van der Waals surface area contributed by atoms with Crippen molar-refractivity contribution >= 4 is 0 Å². The van der Waals surface area contributed by atoms with E-state index in [1.54, 1.807) is 0 Å². The van der Waals surface area contributed by atoms with E-state index in [1.807, 2.05) is 37.3 Å². The minimum absolute atomic E-state index is 0.0510. The first-order chi connectivity index (χ1) is 6.71. The average Bonchev–Trinajstić information content (AvgIpc) is 2.72. The molecule has 2 nitrogen and oxygen atoms in total. The van der Waals surface area contributed by atoms with Crippen molar-refractivity contribution in [3.05, 3.63) is 35.9 Å². The smallest absolute Gasteiger partial charge is 0.113 e. The number of rotatable bonds is 2. The molecule has 0 saturated carbocycles. The summed E-state index contributed by atoms with van der Waals surface area (Å²) in [5.74, 6) is 0. The van der Waals surface area contributed by atoms with Gasteiger partial charge in [-0.3, -0.25) is 0 Å². The van der Waals surface area contributed by atoms with Crippen molar-refractivity contribution in [3.8, 4) is 0 Å². The third kappa shape index (κ3) is 1.68. The zero-order chi connectivity index (χ0) is 10.0. The molecule has 0 radical (unpaired) electrons. The van der Waals surface area contributed by atoms with E-state index in [1.165, 1.54) is 0 Å². The van der Waals surface area contributed by atoms with Gasteiger partial charge < -0.3 is 9.84 Å². The van der Waals surface area contributed by atoms with Crippen LogP contribution in [0.3, 0.4) is 0 Å². The second kappa shape index (κ2) is 3.71. The lowest BCUT2D eigenvalue weighted by Gasteiger charge is -2.29. The maximum atomic E-state index is 10.4. The van der Waals surface area contributed by atoms with Crippen molar-refractivity contribution in [3.63, 3.8) is 0 Å². The number of hydrogen-bond acceptors (Lipinski definition) is 2. The summed E-state index contributed by atoms with van der Waals surface area (Å²) in [6, 6.07) is 9.73. The van der Waals surface area contributed by atoms with Crippen LogP contribution in [0.4, 0.5) is 0 Å². The Kier molecular flexibility index (Phi) is 2.57. The molecule has 1 saturated heterocycles. The highest BCUT2D eigenvalue weighted by atomic mass is 16.5. The van der Waals surface area contributed by atoms with E-state index in [0.717, 1.165) is 25.0 Å². The second-order valence-electron chi connectivity index (χ2n) is 4.02. The predicted molar refractivity (Wildman–Crippen MR) is 55.0 cm³/mol. The molecule has 1 aliphatic rings. The second-order valence-corrected chi connectivity index (χ2v) is 4.02. The number of ether oxygens (including phenoxy) is 1. The lowest BCUT2D eigenvalue weighted by Crippen LogP contribution is -2.35. The maximum Gasteiger partial charge on any atom is 0.113 e. The average molecular weight is 192 g/mol. The number of benzene rings is 1. The molecule has 2 heteroatoms. The van der Waals surface area contributed by atoms with Gasteiger partial charge >= 0.3 is 0 Å². The van der Waals surface area contributed by atoms with Crippen molar-refractivity contribution in [2.75, 3.05) is 6.61 Å². The maximum absolute atomic E-state index is 10.4. The van der Waals surface area contributed by atoms with Gasteiger partial charge in [0.1, 0.15) is 5.60 Å². The molecule has 1 aromatic carbocycles. The van der Waals surface area contributed by atoms with Gasteiger partial charge in [0, 0.05) is 6.61 Å². The van der Waals surface area contributed by atoms with E-state index in [-0.39, 0.29) is 6.10 Å². The summed E-state index contributed by atoms with van der Waals surface area (Å²) in [5.41, 5.74) is 0.0875. The quantitative estimate of drug-likeness (QED) is 0.777. The molecule has 0 bridgehead atoms. The number of aliphatic hydroxyl groups is 1. The van der Waals surface area contributed by atoms with Gasteiger partial charge in [-0.1, -0.05) is 30.3 Å². The largest absolute Gasteiger partial charge is 0.383 e. The van der Waals surface area contributed by atoms with Gasteiger partial charge in [0.2, 0.25) is 0 Å². The molecule has 0 aliphatic carbocycles. The Morgan fingerprint density at radius 1 is 1.36 bits per heavy atom. The molecule has 0 amide bonds. The summed E-state index contributed by atoms with van der Waals surface area (Å²) >= 11 is 0. The van der Waals surface area contributed by atoms with Crippen LogP contribution in [-0.2, 0) is 10.3 Å². The van der Waals surface area contributed by atoms with Gasteiger partial charge in [-0.15, -0.1) is 0 Å². The molecule has 1 aromatic rings. The van der Waals surface area contributed by atoms with Crippen molar-refractivity contribution in [1.82, 2.24) is 0 Å². The zero-order valence-electron chi connectivity index (χ0n) is 8.44. The molecule has 2 atom stereocenters. The normalized spacial score (nSPS) is 26.0. The third-order valence-electron chi connectivity index (χ3n) is 2.91.